The quantitative estimate of drug-likeness (QED) is 0.728. The summed E-state index contributed by atoms with van der Waals surface area (Å²) in [6.07, 6.45) is 3.08. The van der Waals surface area contributed by atoms with Crippen molar-refractivity contribution < 1.29 is 14.7 Å². The number of aliphatic carboxylic acids is 1. The molecule has 0 aromatic heterocycles. The number of carboxylic acids is 1. The van der Waals surface area contributed by atoms with E-state index >= 15 is 0 Å². The van der Waals surface area contributed by atoms with Crippen molar-refractivity contribution in [1.29, 1.82) is 0 Å². The van der Waals surface area contributed by atoms with Crippen molar-refractivity contribution in [2.75, 3.05) is 19.6 Å². The lowest BCUT2D eigenvalue weighted by Gasteiger charge is -2.27. The van der Waals surface area contributed by atoms with E-state index < -0.39 is 11.9 Å². The highest BCUT2D eigenvalue weighted by Gasteiger charge is 2.38. The standard InChI is InChI=1S/C12H20N2O3/c1-8-6-14(7-9(8)12(16)17)11(15)10-4-2-3-5-13-10/h8-10,13H,2-7H2,1H3,(H,16,17)/t8-,9-,10?/m1/s1. The van der Waals surface area contributed by atoms with Crippen LogP contribution in [0.2, 0.25) is 0 Å². The molecule has 2 rings (SSSR count). The van der Waals surface area contributed by atoms with Crippen molar-refractivity contribution in [2.45, 2.75) is 32.2 Å². The largest absolute Gasteiger partial charge is 0.481 e. The molecule has 2 saturated heterocycles. The van der Waals surface area contributed by atoms with Gasteiger partial charge < -0.3 is 15.3 Å². The number of carboxylic acid groups (broad SMARTS) is 1. The SMILES string of the molecule is C[C@@H]1CN(C(=O)C2CCCCN2)C[C@H]1C(=O)O. The van der Waals surface area contributed by atoms with Gasteiger partial charge in [-0.25, -0.2) is 0 Å². The van der Waals surface area contributed by atoms with E-state index in [9.17, 15) is 9.59 Å². The lowest BCUT2D eigenvalue weighted by Crippen LogP contribution is -2.48. The van der Waals surface area contributed by atoms with Crippen LogP contribution in [-0.4, -0.2) is 47.6 Å². The number of likely N-dealkylation sites (tertiary alicyclic amines) is 1. The third kappa shape index (κ3) is 2.60. The average molecular weight is 240 g/mol. The minimum absolute atomic E-state index is 0.0556. The molecule has 0 bridgehead atoms. The Balaban J connectivity index is 1.94. The summed E-state index contributed by atoms with van der Waals surface area (Å²) in [6.45, 7) is 3.74. The zero-order valence-corrected chi connectivity index (χ0v) is 10.2. The van der Waals surface area contributed by atoms with E-state index in [0.29, 0.717) is 13.1 Å². The highest BCUT2D eigenvalue weighted by molar-refractivity contribution is 5.83. The fraction of sp³-hybridized carbons (Fsp3) is 0.833. The van der Waals surface area contributed by atoms with Gasteiger partial charge in [0.2, 0.25) is 5.91 Å². The van der Waals surface area contributed by atoms with Crippen LogP contribution in [-0.2, 0) is 9.59 Å². The highest BCUT2D eigenvalue weighted by Crippen LogP contribution is 2.24. The van der Waals surface area contributed by atoms with Crippen LogP contribution < -0.4 is 5.32 Å². The first kappa shape index (κ1) is 12.4. The molecule has 17 heavy (non-hydrogen) atoms. The van der Waals surface area contributed by atoms with Gasteiger partial charge >= 0.3 is 5.97 Å². The minimum Gasteiger partial charge on any atom is -0.481 e. The van der Waals surface area contributed by atoms with Crippen LogP contribution in [0.3, 0.4) is 0 Å². The molecular weight excluding hydrogens is 220 g/mol. The van der Waals surface area contributed by atoms with Gasteiger partial charge in [0.05, 0.1) is 12.0 Å². The van der Waals surface area contributed by atoms with Crippen molar-refractivity contribution >= 4 is 11.9 Å². The number of piperidine rings is 1. The predicted octanol–water partition coefficient (Wildman–Crippen LogP) is 0.308. The Hall–Kier alpha value is -1.10. The third-order valence-electron chi connectivity index (χ3n) is 3.85. The second-order valence-corrected chi connectivity index (χ2v) is 5.17. The number of carbonyl (C=O) groups is 2. The van der Waals surface area contributed by atoms with E-state index in [2.05, 4.69) is 5.32 Å². The Morgan fingerprint density at radius 2 is 2.06 bits per heavy atom. The van der Waals surface area contributed by atoms with Gasteiger partial charge in [0.1, 0.15) is 0 Å². The molecule has 3 atom stereocenters. The molecule has 2 N–H and O–H groups in total. The van der Waals surface area contributed by atoms with Crippen molar-refractivity contribution in [3.63, 3.8) is 0 Å². The van der Waals surface area contributed by atoms with Crippen LogP contribution in [0.25, 0.3) is 0 Å². The first-order valence-corrected chi connectivity index (χ1v) is 6.34. The molecule has 96 valence electrons. The Morgan fingerprint density at radius 3 is 2.59 bits per heavy atom. The lowest BCUT2D eigenvalue weighted by molar-refractivity contribution is -0.142. The fourth-order valence-electron chi connectivity index (χ4n) is 2.75. The molecule has 0 radical (unpaired) electrons. The molecule has 2 heterocycles. The topological polar surface area (TPSA) is 69.6 Å². The molecule has 2 aliphatic heterocycles. The first-order valence-electron chi connectivity index (χ1n) is 6.34. The summed E-state index contributed by atoms with van der Waals surface area (Å²) in [7, 11) is 0. The second-order valence-electron chi connectivity index (χ2n) is 5.17. The zero-order valence-electron chi connectivity index (χ0n) is 10.2. The molecule has 0 aromatic carbocycles. The molecule has 1 unspecified atom stereocenters. The van der Waals surface area contributed by atoms with Crippen molar-refractivity contribution in [1.82, 2.24) is 10.2 Å². The Labute approximate surface area is 101 Å². The van der Waals surface area contributed by atoms with E-state index in [-0.39, 0.29) is 17.9 Å². The van der Waals surface area contributed by atoms with Crippen LogP contribution in [0.1, 0.15) is 26.2 Å². The van der Waals surface area contributed by atoms with Gasteiger partial charge in [-0.15, -0.1) is 0 Å². The lowest BCUT2D eigenvalue weighted by atomic mass is 9.99. The average Bonchev–Trinajstić information content (AvgIpc) is 2.71. The summed E-state index contributed by atoms with van der Waals surface area (Å²) < 4.78 is 0. The predicted molar refractivity (Wildman–Crippen MR) is 62.5 cm³/mol. The van der Waals surface area contributed by atoms with Gasteiger partial charge in [-0.05, 0) is 25.3 Å². The normalized spacial score (nSPS) is 33.7. The van der Waals surface area contributed by atoms with Gasteiger partial charge in [-0.1, -0.05) is 13.3 Å². The summed E-state index contributed by atoms with van der Waals surface area (Å²) >= 11 is 0. The molecule has 2 aliphatic rings. The van der Waals surface area contributed by atoms with Crippen LogP contribution in [0.15, 0.2) is 0 Å². The van der Waals surface area contributed by atoms with E-state index in [1.807, 2.05) is 6.92 Å². The van der Waals surface area contributed by atoms with Gasteiger partial charge in [-0.2, -0.15) is 0 Å². The second kappa shape index (κ2) is 5.04. The molecule has 0 spiro atoms. The summed E-state index contributed by atoms with van der Waals surface area (Å²) in [4.78, 5) is 24.9. The maximum absolute atomic E-state index is 12.2. The summed E-state index contributed by atoms with van der Waals surface area (Å²) in [5, 5.41) is 12.3. The Bertz CT molecular complexity index is 313. The van der Waals surface area contributed by atoms with E-state index in [1.165, 1.54) is 0 Å². The number of hydrogen-bond donors (Lipinski definition) is 2. The van der Waals surface area contributed by atoms with Crippen LogP contribution in [0.5, 0.6) is 0 Å². The fourth-order valence-corrected chi connectivity index (χ4v) is 2.75. The van der Waals surface area contributed by atoms with Crippen LogP contribution in [0.4, 0.5) is 0 Å². The van der Waals surface area contributed by atoms with Crippen molar-refractivity contribution in [2.24, 2.45) is 11.8 Å². The van der Waals surface area contributed by atoms with Crippen molar-refractivity contribution in [3.8, 4) is 0 Å². The Kier molecular flexibility index (Phi) is 3.66. The number of nitrogens with zero attached hydrogens (tertiary/aromatic N) is 1. The van der Waals surface area contributed by atoms with Crippen LogP contribution in [0, 0.1) is 11.8 Å². The highest BCUT2D eigenvalue weighted by atomic mass is 16.4. The third-order valence-corrected chi connectivity index (χ3v) is 3.85. The van der Waals surface area contributed by atoms with Gasteiger partial charge in [0, 0.05) is 13.1 Å². The number of rotatable bonds is 2. The maximum Gasteiger partial charge on any atom is 0.308 e. The smallest absolute Gasteiger partial charge is 0.308 e. The van der Waals surface area contributed by atoms with E-state index in [0.717, 1.165) is 25.8 Å². The summed E-state index contributed by atoms with van der Waals surface area (Å²) in [5.41, 5.74) is 0. The van der Waals surface area contributed by atoms with Gasteiger partial charge in [0.25, 0.3) is 0 Å². The minimum atomic E-state index is -0.788. The number of hydrogen-bond acceptors (Lipinski definition) is 3. The molecule has 0 aliphatic carbocycles. The first-order chi connectivity index (χ1) is 8.09. The molecule has 1 amide bonds. The molecule has 5 nitrogen and oxygen atoms in total. The van der Waals surface area contributed by atoms with Gasteiger partial charge in [-0.3, -0.25) is 9.59 Å². The zero-order chi connectivity index (χ0) is 12.4. The summed E-state index contributed by atoms with van der Waals surface area (Å²) in [6, 6.07) is -0.0940. The summed E-state index contributed by atoms with van der Waals surface area (Å²) in [5.74, 6) is -1.05. The number of nitrogens with one attached hydrogen (secondary N) is 1. The monoisotopic (exact) mass is 240 g/mol. The van der Waals surface area contributed by atoms with E-state index in [4.69, 9.17) is 5.11 Å². The van der Waals surface area contributed by atoms with Crippen molar-refractivity contribution in [3.05, 3.63) is 0 Å². The molecular formula is C12H20N2O3. The number of carbonyl (C=O) groups excluding carboxylic acids is 1. The molecule has 2 fully saturated rings. The van der Waals surface area contributed by atoms with Crippen LogP contribution >= 0.6 is 0 Å². The Morgan fingerprint density at radius 1 is 1.29 bits per heavy atom. The van der Waals surface area contributed by atoms with Gasteiger partial charge in [0.15, 0.2) is 0 Å². The molecule has 0 saturated carbocycles. The molecule has 0 aromatic rings. The number of amides is 1. The molecule has 5 heteroatoms. The van der Waals surface area contributed by atoms with E-state index in [1.54, 1.807) is 4.90 Å². The maximum atomic E-state index is 12.2.